The van der Waals surface area contributed by atoms with Gasteiger partial charge in [0.05, 0.1) is 23.8 Å². The number of ether oxygens (including phenoxy) is 1. The van der Waals surface area contributed by atoms with Crippen LogP contribution in [0.1, 0.15) is 37.2 Å². The molecular formula is C14H18BrFN4O. The highest BCUT2D eigenvalue weighted by molar-refractivity contribution is 9.10. The van der Waals surface area contributed by atoms with E-state index in [1.165, 1.54) is 6.07 Å². The van der Waals surface area contributed by atoms with Crippen LogP contribution in [-0.4, -0.2) is 16.9 Å². The van der Waals surface area contributed by atoms with Crippen LogP contribution >= 0.6 is 15.9 Å². The number of nitrogens with two attached hydrogens (primary N) is 1. The van der Waals surface area contributed by atoms with E-state index in [-0.39, 0.29) is 11.9 Å². The number of methoxy groups -OCH3 is 1. The van der Waals surface area contributed by atoms with Gasteiger partial charge >= 0.3 is 0 Å². The van der Waals surface area contributed by atoms with E-state index in [9.17, 15) is 4.39 Å². The summed E-state index contributed by atoms with van der Waals surface area (Å²) >= 11 is 3.27. The van der Waals surface area contributed by atoms with Gasteiger partial charge in [-0.2, -0.15) is 5.10 Å². The predicted molar refractivity (Wildman–Crippen MR) is 82.4 cm³/mol. The molecule has 0 saturated heterocycles. The van der Waals surface area contributed by atoms with E-state index in [0.29, 0.717) is 15.8 Å². The van der Waals surface area contributed by atoms with Crippen LogP contribution in [0.25, 0.3) is 0 Å². The first-order valence-corrected chi connectivity index (χ1v) is 7.32. The number of hydrogen-bond acceptors (Lipinski definition) is 4. The molecule has 0 radical (unpaired) electrons. The zero-order valence-electron chi connectivity index (χ0n) is 12.1. The van der Waals surface area contributed by atoms with E-state index < -0.39 is 6.04 Å². The molecule has 1 aromatic carbocycles. The molecule has 1 aromatic heterocycles. The van der Waals surface area contributed by atoms with Crippen LogP contribution < -0.4 is 16.0 Å². The zero-order chi connectivity index (χ0) is 15.6. The Balaban J connectivity index is 2.61. The Hall–Kier alpha value is -1.44. The molecule has 0 aliphatic rings. The second kappa shape index (κ2) is 6.55. The van der Waals surface area contributed by atoms with E-state index in [1.54, 1.807) is 30.1 Å². The van der Waals surface area contributed by atoms with Crippen LogP contribution in [0.3, 0.4) is 0 Å². The fraction of sp³-hybridized carbons (Fsp3) is 0.357. The summed E-state index contributed by atoms with van der Waals surface area (Å²) < 4.78 is 21.3. The molecule has 0 fully saturated rings. The molecule has 0 bridgehead atoms. The third kappa shape index (κ3) is 2.95. The van der Waals surface area contributed by atoms with E-state index in [0.717, 1.165) is 5.69 Å². The van der Waals surface area contributed by atoms with Crippen molar-refractivity contribution in [1.82, 2.24) is 15.2 Å². The number of aromatic nitrogens is 2. The second-order valence-electron chi connectivity index (χ2n) is 4.88. The number of rotatable bonds is 5. The van der Waals surface area contributed by atoms with Crippen molar-refractivity contribution in [2.45, 2.75) is 25.9 Å². The predicted octanol–water partition coefficient (Wildman–Crippen LogP) is 2.93. The van der Waals surface area contributed by atoms with Crippen LogP contribution in [0.2, 0.25) is 0 Å². The largest absolute Gasteiger partial charge is 0.493 e. The van der Waals surface area contributed by atoms with Crippen molar-refractivity contribution in [3.05, 3.63) is 45.9 Å². The quantitative estimate of drug-likeness (QED) is 0.638. The number of nitrogens with zero attached hydrogens (tertiary/aromatic N) is 2. The highest BCUT2D eigenvalue weighted by Gasteiger charge is 2.26. The number of benzene rings is 1. The summed E-state index contributed by atoms with van der Waals surface area (Å²) in [5.74, 6) is 5.97. The van der Waals surface area contributed by atoms with E-state index in [2.05, 4.69) is 26.5 Å². The van der Waals surface area contributed by atoms with Gasteiger partial charge < -0.3 is 4.74 Å². The Labute approximate surface area is 131 Å². The van der Waals surface area contributed by atoms with Gasteiger partial charge in [-0.1, -0.05) is 12.1 Å². The van der Waals surface area contributed by atoms with Gasteiger partial charge in [0.1, 0.15) is 11.5 Å². The average Bonchev–Trinajstić information content (AvgIpc) is 2.88. The Morgan fingerprint density at radius 1 is 1.43 bits per heavy atom. The minimum Gasteiger partial charge on any atom is -0.493 e. The topological polar surface area (TPSA) is 65.1 Å². The number of hydrogen-bond donors (Lipinski definition) is 2. The third-order valence-corrected chi connectivity index (χ3v) is 4.08. The molecule has 1 unspecified atom stereocenters. The maximum Gasteiger partial charge on any atom is 0.161 e. The smallest absolute Gasteiger partial charge is 0.161 e. The second-order valence-corrected chi connectivity index (χ2v) is 5.67. The lowest BCUT2D eigenvalue weighted by Gasteiger charge is -2.22. The summed E-state index contributed by atoms with van der Waals surface area (Å²) in [6.07, 6.45) is 1.63. The van der Waals surface area contributed by atoms with Gasteiger partial charge in [0.15, 0.2) is 5.75 Å². The van der Waals surface area contributed by atoms with E-state index in [4.69, 9.17) is 10.6 Å². The van der Waals surface area contributed by atoms with Crippen LogP contribution in [0, 0.1) is 5.82 Å². The monoisotopic (exact) mass is 356 g/mol. The molecule has 0 spiro atoms. The molecule has 0 saturated carbocycles. The lowest BCUT2D eigenvalue weighted by Crippen LogP contribution is -2.31. The minimum absolute atomic E-state index is 0.118. The molecule has 21 heavy (non-hydrogen) atoms. The van der Waals surface area contributed by atoms with Crippen molar-refractivity contribution in [2.24, 2.45) is 5.84 Å². The van der Waals surface area contributed by atoms with Crippen molar-refractivity contribution >= 4 is 15.9 Å². The molecule has 0 aliphatic carbocycles. The Morgan fingerprint density at radius 3 is 2.71 bits per heavy atom. The Morgan fingerprint density at radius 2 is 2.14 bits per heavy atom. The summed E-state index contributed by atoms with van der Waals surface area (Å²) in [6, 6.07) is 4.50. The molecule has 5 nitrogen and oxygen atoms in total. The molecule has 7 heteroatoms. The van der Waals surface area contributed by atoms with Crippen LogP contribution in [0.15, 0.2) is 28.9 Å². The average molecular weight is 357 g/mol. The van der Waals surface area contributed by atoms with E-state index >= 15 is 0 Å². The fourth-order valence-corrected chi connectivity index (χ4v) is 2.75. The molecule has 1 atom stereocenters. The summed E-state index contributed by atoms with van der Waals surface area (Å²) in [4.78, 5) is 0. The molecule has 0 aliphatic heterocycles. The van der Waals surface area contributed by atoms with Gasteiger partial charge in [-0.15, -0.1) is 0 Å². The summed E-state index contributed by atoms with van der Waals surface area (Å²) in [5, 5.41) is 4.32. The molecule has 0 amide bonds. The lowest BCUT2D eigenvalue weighted by molar-refractivity contribution is 0.393. The molecule has 2 aromatic rings. The van der Waals surface area contributed by atoms with Gasteiger partial charge in [-0.05, 0) is 41.4 Å². The number of hydrazine groups is 1. The molecule has 3 N–H and O–H groups in total. The minimum atomic E-state index is -0.449. The highest BCUT2D eigenvalue weighted by Crippen LogP contribution is 2.35. The van der Waals surface area contributed by atoms with Gasteiger partial charge in [0, 0.05) is 6.04 Å². The van der Waals surface area contributed by atoms with Gasteiger partial charge in [0.2, 0.25) is 0 Å². The Kier molecular flexibility index (Phi) is 4.97. The summed E-state index contributed by atoms with van der Waals surface area (Å²) in [5.41, 5.74) is 4.15. The maximum atomic E-state index is 13.8. The lowest BCUT2D eigenvalue weighted by atomic mass is 10.0. The van der Waals surface area contributed by atoms with Crippen molar-refractivity contribution in [1.29, 1.82) is 0 Å². The van der Waals surface area contributed by atoms with Crippen molar-refractivity contribution in [3.8, 4) is 5.75 Å². The highest BCUT2D eigenvalue weighted by atomic mass is 79.9. The fourth-order valence-electron chi connectivity index (χ4n) is 2.26. The van der Waals surface area contributed by atoms with Gasteiger partial charge in [0.25, 0.3) is 0 Å². The normalized spacial score (nSPS) is 12.7. The zero-order valence-corrected chi connectivity index (χ0v) is 13.7. The molecule has 2 rings (SSSR count). The van der Waals surface area contributed by atoms with Crippen molar-refractivity contribution in [3.63, 3.8) is 0 Å². The van der Waals surface area contributed by atoms with Crippen LogP contribution in [0.5, 0.6) is 5.75 Å². The number of nitrogens with one attached hydrogen (secondary N) is 1. The number of halogens is 2. The van der Waals surface area contributed by atoms with Crippen molar-refractivity contribution in [2.75, 3.05) is 7.11 Å². The van der Waals surface area contributed by atoms with Crippen LogP contribution in [-0.2, 0) is 0 Å². The third-order valence-electron chi connectivity index (χ3n) is 3.24. The van der Waals surface area contributed by atoms with E-state index in [1.807, 2.05) is 13.8 Å². The van der Waals surface area contributed by atoms with Gasteiger partial charge in [-0.25, -0.2) is 9.82 Å². The van der Waals surface area contributed by atoms with Gasteiger partial charge in [-0.3, -0.25) is 10.5 Å². The first-order chi connectivity index (χ1) is 10.0. The molecular weight excluding hydrogens is 339 g/mol. The Bertz CT molecular complexity index is 629. The molecule has 114 valence electrons. The molecule has 1 heterocycles. The maximum absolute atomic E-state index is 13.8. The first-order valence-electron chi connectivity index (χ1n) is 6.52. The van der Waals surface area contributed by atoms with Crippen molar-refractivity contribution < 1.29 is 9.13 Å². The standard InChI is InChI=1S/C14H18BrFN4O/c1-8(2)20-14(11(21-3)7-18-20)13(19-17)9-5-4-6-10(16)12(9)15/h4-8,13,19H,17H2,1-3H3. The van der Waals surface area contributed by atoms with Crippen LogP contribution in [0.4, 0.5) is 4.39 Å². The SMILES string of the molecule is COc1cnn(C(C)C)c1C(NN)c1cccc(F)c1Br. The summed E-state index contributed by atoms with van der Waals surface area (Å²) in [7, 11) is 1.57. The first kappa shape index (κ1) is 15.9. The summed E-state index contributed by atoms with van der Waals surface area (Å²) in [6.45, 7) is 4.01.